The van der Waals surface area contributed by atoms with Crippen LogP contribution < -0.4 is 0 Å². The third-order valence-corrected chi connectivity index (χ3v) is 2.15. The van der Waals surface area contributed by atoms with E-state index in [0.717, 1.165) is 29.1 Å². The van der Waals surface area contributed by atoms with Crippen LogP contribution in [0.15, 0.2) is 42.0 Å². The summed E-state index contributed by atoms with van der Waals surface area (Å²) in [6, 6.07) is 6.02. The molecule has 0 aliphatic heterocycles. The predicted molar refractivity (Wildman–Crippen MR) is 70.6 cm³/mol. The van der Waals surface area contributed by atoms with Crippen LogP contribution in [0.4, 0.5) is 0 Å². The fourth-order valence-corrected chi connectivity index (χ4v) is 1.26. The molecule has 0 spiro atoms. The fraction of sp³-hybridized carbons (Fsp3) is 0.286. The summed E-state index contributed by atoms with van der Waals surface area (Å²) in [4.78, 5) is 8.80. The molecular weight excluding hydrogens is 196 g/mol. The van der Waals surface area contributed by atoms with Crippen LogP contribution in [-0.4, -0.2) is 10.7 Å². The van der Waals surface area contributed by atoms with Gasteiger partial charge in [-0.05, 0) is 32.4 Å². The Morgan fingerprint density at radius 2 is 2.19 bits per heavy atom. The van der Waals surface area contributed by atoms with Crippen molar-refractivity contribution in [3.63, 3.8) is 0 Å². The van der Waals surface area contributed by atoms with Crippen molar-refractivity contribution in [1.82, 2.24) is 4.98 Å². The maximum atomic E-state index is 4.53. The van der Waals surface area contributed by atoms with Crippen LogP contribution >= 0.6 is 0 Å². The van der Waals surface area contributed by atoms with Crippen LogP contribution in [0.3, 0.4) is 0 Å². The van der Waals surface area contributed by atoms with Crippen LogP contribution in [0, 0.1) is 0 Å². The summed E-state index contributed by atoms with van der Waals surface area (Å²) in [5.41, 5.74) is 3.99. The number of hydrogen-bond acceptors (Lipinski definition) is 2. The minimum atomic E-state index is 0.930. The molecule has 0 fully saturated rings. The summed E-state index contributed by atoms with van der Waals surface area (Å²) < 4.78 is 0. The van der Waals surface area contributed by atoms with Gasteiger partial charge in [0.15, 0.2) is 0 Å². The molecule has 2 heteroatoms. The Morgan fingerprint density at radius 3 is 2.75 bits per heavy atom. The lowest BCUT2D eigenvalue weighted by Crippen LogP contribution is -1.92. The number of hydrogen-bond donors (Lipinski definition) is 0. The Kier molecular flexibility index (Phi) is 4.65. The van der Waals surface area contributed by atoms with Crippen LogP contribution in [0.25, 0.3) is 5.57 Å². The van der Waals surface area contributed by atoms with Crippen LogP contribution in [0.1, 0.15) is 32.2 Å². The highest BCUT2D eigenvalue weighted by atomic mass is 14.7. The van der Waals surface area contributed by atoms with Crippen molar-refractivity contribution in [3.05, 3.63) is 48.4 Å². The Morgan fingerprint density at radius 1 is 1.44 bits per heavy atom. The summed E-state index contributed by atoms with van der Waals surface area (Å²) in [6.45, 7) is 9.82. The lowest BCUT2D eigenvalue weighted by molar-refractivity contribution is 1.03. The summed E-state index contributed by atoms with van der Waals surface area (Å²) in [5, 5.41) is 0. The largest absolute Gasteiger partial charge is 0.266 e. The standard InChI is InChI=1S/C14H18N2/c1-5-12(10-15-11(3)4)14-9-7-8-13(6-2)16-14/h5,7-10H,1,6H2,2-4H3/b12-10+. The van der Waals surface area contributed by atoms with E-state index in [2.05, 4.69) is 23.5 Å². The maximum absolute atomic E-state index is 4.53. The lowest BCUT2D eigenvalue weighted by atomic mass is 10.1. The molecule has 0 aliphatic carbocycles. The van der Waals surface area contributed by atoms with Crippen molar-refractivity contribution < 1.29 is 0 Å². The van der Waals surface area contributed by atoms with Gasteiger partial charge in [-0.1, -0.05) is 25.6 Å². The number of pyridine rings is 1. The van der Waals surface area contributed by atoms with Gasteiger partial charge in [0, 0.05) is 23.2 Å². The topological polar surface area (TPSA) is 25.2 Å². The summed E-state index contributed by atoms with van der Waals surface area (Å²) in [6.07, 6.45) is 4.53. The molecule has 0 saturated carbocycles. The average Bonchev–Trinajstić information content (AvgIpc) is 2.30. The van der Waals surface area contributed by atoms with E-state index in [1.54, 1.807) is 6.08 Å². The van der Waals surface area contributed by atoms with Gasteiger partial charge < -0.3 is 0 Å². The monoisotopic (exact) mass is 214 g/mol. The predicted octanol–water partition coefficient (Wildman–Crippen LogP) is 3.65. The van der Waals surface area contributed by atoms with Crippen molar-refractivity contribution in [2.24, 2.45) is 4.99 Å². The first kappa shape index (κ1) is 12.4. The van der Waals surface area contributed by atoms with Crippen LogP contribution in [0.2, 0.25) is 0 Å². The van der Waals surface area contributed by atoms with Gasteiger partial charge in [0.1, 0.15) is 0 Å². The first-order valence-electron chi connectivity index (χ1n) is 5.47. The second-order valence-corrected chi connectivity index (χ2v) is 3.73. The molecule has 1 rings (SSSR count). The number of aliphatic imine (C=N–C) groups is 1. The fourth-order valence-electron chi connectivity index (χ4n) is 1.26. The Labute approximate surface area is 97.5 Å². The van der Waals surface area contributed by atoms with Gasteiger partial charge in [-0.15, -0.1) is 0 Å². The van der Waals surface area contributed by atoms with Gasteiger partial charge >= 0.3 is 0 Å². The zero-order valence-electron chi connectivity index (χ0n) is 10.2. The van der Waals surface area contributed by atoms with E-state index in [9.17, 15) is 0 Å². The molecular formula is C14H18N2. The molecule has 1 heterocycles. The van der Waals surface area contributed by atoms with E-state index in [1.165, 1.54) is 0 Å². The molecule has 0 unspecified atom stereocenters. The molecule has 0 atom stereocenters. The third kappa shape index (κ3) is 3.46. The second-order valence-electron chi connectivity index (χ2n) is 3.73. The highest BCUT2D eigenvalue weighted by molar-refractivity contribution is 5.81. The van der Waals surface area contributed by atoms with E-state index >= 15 is 0 Å². The molecule has 1 aromatic rings. The zero-order chi connectivity index (χ0) is 12.0. The molecule has 0 saturated heterocycles. The third-order valence-electron chi connectivity index (χ3n) is 2.15. The van der Waals surface area contributed by atoms with Crippen molar-refractivity contribution >= 4 is 11.3 Å². The Hall–Kier alpha value is -1.70. The van der Waals surface area contributed by atoms with Gasteiger partial charge in [0.2, 0.25) is 0 Å². The molecule has 2 nitrogen and oxygen atoms in total. The SMILES string of the molecule is C=C/C(=C\N=C(C)C)c1cccc(CC)n1. The van der Waals surface area contributed by atoms with Gasteiger partial charge in [-0.25, -0.2) is 0 Å². The highest BCUT2D eigenvalue weighted by Crippen LogP contribution is 2.13. The second kappa shape index (κ2) is 6.01. The van der Waals surface area contributed by atoms with Gasteiger partial charge in [-0.2, -0.15) is 0 Å². The molecule has 0 radical (unpaired) electrons. The lowest BCUT2D eigenvalue weighted by Gasteiger charge is -2.02. The number of aromatic nitrogens is 1. The van der Waals surface area contributed by atoms with Crippen molar-refractivity contribution in [3.8, 4) is 0 Å². The number of aryl methyl sites for hydroxylation is 1. The van der Waals surface area contributed by atoms with Crippen LogP contribution in [-0.2, 0) is 6.42 Å². The highest BCUT2D eigenvalue weighted by Gasteiger charge is 1.99. The summed E-state index contributed by atoms with van der Waals surface area (Å²) in [7, 11) is 0. The smallest absolute Gasteiger partial charge is 0.0720 e. The summed E-state index contributed by atoms with van der Waals surface area (Å²) in [5.74, 6) is 0. The first-order chi connectivity index (χ1) is 7.67. The first-order valence-corrected chi connectivity index (χ1v) is 5.47. The number of nitrogens with zero attached hydrogens (tertiary/aromatic N) is 2. The number of rotatable bonds is 4. The van der Waals surface area contributed by atoms with E-state index < -0.39 is 0 Å². The van der Waals surface area contributed by atoms with Gasteiger partial charge in [0.05, 0.1) is 5.69 Å². The quantitative estimate of drug-likeness (QED) is 0.554. The van der Waals surface area contributed by atoms with E-state index in [1.807, 2.05) is 38.2 Å². The van der Waals surface area contributed by atoms with E-state index in [0.29, 0.717) is 0 Å². The summed E-state index contributed by atoms with van der Waals surface area (Å²) >= 11 is 0. The molecule has 0 aromatic carbocycles. The van der Waals surface area contributed by atoms with Crippen molar-refractivity contribution in [1.29, 1.82) is 0 Å². The molecule has 0 N–H and O–H groups in total. The molecule has 0 aliphatic rings. The van der Waals surface area contributed by atoms with Crippen molar-refractivity contribution in [2.75, 3.05) is 0 Å². The Balaban J connectivity index is 3.08. The molecule has 84 valence electrons. The van der Waals surface area contributed by atoms with Gasteiger partial charge in [0.25, 0.3) is 0 Å². The normalized spacial score (nSPS) is 11.1. The minimum Gasteiger partial charge on any atom is -0.266 e. The number of allylic oxidation sites excluding steroid dienone is 2. The average molecular weight is 214 g/mol. The molecule has 16 heavy (non-hydrogen) atoms. The molecule has 0 bridgehead atoms. The van der Waals surface area contributed by atoms with Crippen molar-refractivity contribution in [2.45, 2.75) is 27.2 Å². The zero-order valence-corrected chi connectivity index (χ0v) is 10.2. The molecule has 1 aromatic heterocycles. The maximum Gasteiger partial charge on any atom is 0.0720 e. The minimum absolute atomic E-state index is 0.930. The Bertz CT molecular complexity index is 424. The van der Waals surface area contributed by atoms with E-state index in [-0.39, 0.29) is 0 Å². The van der Waals surface area contributed by atoms with Gasteiger partial charge in [-0.3, -0.25) is 9.98 Å². The van der Waals surface area contributed by atoms with E-state index in [4.69, 9.17) is 0 Å². The van der Waals surface area contributed by atoms with Crippen LogP contribution in [0.5, 0.6) is 0 Å². The molecule has 0 amide bonds.